The molecule has 0 unspecified atom stereocenters. The molecule has 2 heterocycles. The Labute approximate surface area is 229 Å². The SMILES string of the molecule is C=CC(=O)Nc1cc(Nc2ncc(C(C)C)c(-c3cn(C)c4ccccc34)n2)c(OC)cc1N(C)CCNC. The molecule has 0 atom stereocenters. The molecule has 4 rings (SSSR count). The van der Waals surface area contributed by atoms with Crippen molar-refractivity contribution in [3.05, 3.63) is 67.0 Å². The number of amides is 1. The van der Waals surface area contributed by atoms with Crippen molar-refractivity contribution in [2.45, 2.75) is 19.8 Å². The topological polar surface area (TPSA) is 96.3 Å². The number of methoxy groups -OCH3 is 1. The van der Waals surface area contributed by atoms with E-state index in [0.717, 1.165) is 46.5 Å². The Bertz CT molecular complexity index is 1490. The lowest BCUT2D eigenvalue weighted by atomic mass is 9.98. The van der Waals surface area contributed by atoms with Gasteiger partial charge in [0.2, 0.25) is 11.9 Å². The van der Waals surface area contributed by atoms with Gasteiger partial charge in [0.25, 0.3) is 0 Å². The Hall–Kier alpha value is -4.37. The number of fused-ring (bicyclic) bond motifs is 1. The predicted molar refractivity (Wildman–Crippen MR) is 160 cm³/mol. The van der Waals surface area contributed by atoms with Gasteiger partial charge in [-0.25, -0.2) is 9.97 Å². The number of para-hydroxylation sites is 1. The first-order valence-electron chi connectivity index (χ1n) is 13.0. The molecule has 3 N–H and O–H groups in total. The van der Waals surface area contributed by atoms with Crippen LogP contribution in [0.1, 0.15) is 25.3 Å². The highest BCUT2D eigenvalue weighted by molar-refractivity contribution is 6.02. The molecule has 2 aromatic carbocycles. The lowest BCUT2D eigenvalue weighted by Crippen LogP contribution is -2.28. The van der Waals surface area contributed by atoms with Crippen molar-refractivity contribution in [1.82, 2.24) is 19.9 Å². The third kappa shape index (κ3) is 5.88. The summed E-state index contributed by atoms with van der Waals surface area (Å²) in [6.07, 6.45) is 5.24. The van der Waals surface area contributed by atoms with E-state index in [2.05, 4.69) is 64.3 Å². The van der Waals surface area contributed by atoms with Gasteiger partial charge in [-0.3, -0.25) is 4.79 Å². The van der Waals surface area contributed by atoms with Crippen LogP contribution in [0.2, 0.25) is 0 Å². The fourth-order valence-electron chi connectivity index (χ4n) is 4.58. The summed E-state index contributed by atoms with van der Waals surface area (Å²) >= 11 is 0. The number of nitrogens with zero attached hydrogens (tertiary/aromatic N) is 4. The standard InChI is InChI=1S/C30H37N7O2/c1-8-28(38)33-23-15-24(27(39-7)16-26(23)36(5)14-13-31-4)34-30-32-17-21(19(2)3)29(35-30)22-18-37(6)25-12-10-9-11-20(22)25/h8-12,15-19,31H,1,13-14H2,2-7H3,(H,33,38)(H,32,34,35). The first-order valence-corrected chi connectivity index (χ1v) is 13.0. The molecule has 0 aliphatic rings. The van der Waals surface area contributed by atoms with E-state index >= 15 is 0 Å². The van der Waals surface area contributed by atoms with Crippen molar-refractivity contribution in [2.24, 2.45) is 7.05 Å². The number of likely N-dealkylation sites (N-methyl/N-ethyl adjacent to an activating group) is 2. The number of aryl methyl sites for hydroxylation is 1. The van der Waals surface area contributed by atoms with E-state index in [9.17, 15) is 4.79 Å². The van der Waals surface area contributed by atoms with E-state index in [1.54, 1.807) is 7.11 Å². The molecule has 0 saturated heterocycles. The van der Waals surface area contributed by atoms with Crippen LogP contribution in [0.4, 0.5) is 23.0 Å². The van der Waals surface area contributed by atoms with E-state index in [1.165, 1.54) is 6.08 Å². The number of carbonyl (C=O) groups is 1. The highest BCUT2D eigenvalue weighted by atomic mass is 16.5. The van der Waals surface area contributed by atoms with Crippen molar-refractivity contribution < 1.29 is 9.53 Å². The summed E-state index contributed by atoms with van der Waals surface area (Å²) in [4.78, 5) is 23.9. The molecule has 0 bridgehead atoms. The summed E-state index contributed by atoms with van der Waals surface area (Å²) in [5, 5.41) is 10.5. The van der Waals surface area contributed by atoms with Crippen LogP contribution in [0, 0.1) is 0 Å². The molecule has 0 aliphatic carbocycles. The second kappa shape index (κ2) is 12.0. The third-order valence-electron chi connectivity index (χ3n) is 6.71. The molecule has 1 amide bonds. The van der Waals surface area contributed by atoms with Crippen LogP contribution in [-0.4, -0.2) is 54.7 Å². The minimum atomic E-state index is -0.301. The quantitative estimate of drug-likeness (QED) is 0.228. The number of ether oxygens (including phenoxy) is 1. The van der Waals surface area contributed by atoms with Gasteiger partial charge in [-0.05, 0) is 36.7 Å². The summed E-state index contributed by atoms with van der Waals surface area (Å²) in [5.41, 5.74) is 6.19. The molecule has 0 radical (unpaired) electrons. The number of hydrogen-bond donors (Lipinski definition) is 3. The zero-order chi connectivity index (χ0) is 28.1. The second-order valence-corrected chi connectivity index (χ2v) is 9.74. The molecule has 9 heteroatoms. The average Bonchev–Trinajstić information content (AvgIpc) is 3.27. The first-order chi connectivity index (χ1) is 18.8. The second-order valence-electron chi connectivity index (χ2n) is 9.74. The van der Waals surface area contributed by atoms with Crippen molar-refractivity contribution in [3.63, 3.8) is 0 Å². The molecule has 204 valence electrons. The van der Waals surface area contributed by atoms with Crippen molar-refractivity contribution in [3.8, 4) is 17.0 Å². The lowest BCUT2D eigenvalue weighted by Gasteiger charge is -2.24. The maximum atomic E-state index is 12.3. The molecular formula is C30H37N7O2. The highest BCUT2D eigenvalue weighted by Gasteiger charge is 2.19. The molecular weight excluding hydrogens is 490 g/mol. The number of aromatic nitrogens is 3. The van der Waals surface area contributed by atoms with Gasteiger partial charge < -0.3 is 30.2 Å². The van der Waals surface area contributed by atoms with Crippen molar-refractivity contribution in [1.29, 1.82) is 0 Å². The summed E-state index contributed by atoms with van der Waals surface area (Å²) in [7, 11) is 7.52. The van der Waals surface area contributed by atoms with Crippen LogP contribution in [-0.2, 0) is 11.8 Å². The normalized spacial score (nSPS) is 11.1. The van der Waals surface area contributed by atoms with Crippen LogP contribution in [0.3, 0.4) is 0 Å². The van der Waals surface area contributed by atoms with Crippen molar-refractivity contribution >= 4 is 39.8 Å². The number of nitrogens with one attached hydrogen (secondary N) is 3. The van der Waals surface area contributed by atoms with E-state index in [0.29, 0.717) is 23.1 Å². The molecule has 0 spiro atoms. The molecule has 0 saturated carbocycles. The van der Waals surface area contributed by atoms with Gasteiger partial charge in [0.15, 0.2) is 0 Å². The predicted octanol–water partition coefficient (Wildman–Crippen LogP) is 5.29. The zero-order valence-corrected chi connectivity index (χ0v) is 23.5. The van der Waals surface area contributed by atoms with E-state index in [-0.39, 0.29) is 11.8 Å². The number of benzene rings is 2. The van der Waals surface area contributed by atoms with Crippen LogP contribution in [0.25, 0.3) is 22.2 Å². The number of anilines is 4. The Morgan fingerprint density at radius 3 is 2.69 bits per heavy atom. The molecule has 0 aliphatic heterocycles. The molecule has 39 heavy (non-hydrogen) atoms. The summed E-state index contributed by atoms with van der Waals surface area (Å²) < 4.78 is 7.86. The molecule has 2 aromatic heterocycles. The van der Waals surface area contributed by atoms with Gasteiger partial charge in [-0.2, -0.15) is 0 Å². The first kappa shape index (κ1) is 27.7. The van der Waals surface area contributed by atoms with Gasteiger partial charge in [0.05, 0.1) is 29.9 Å². The van der Waals surface area contributed by atoms with Gasteiger partial charge >= 0.3 is 0 Å². The maximum absolute atomic E-state index is 12.3. The van der Waals surface area contributed by atoms with E-state index in [4.69, 9.17) is 9.72 Å². The summed E-state index contributed by atoms with van der Waals surface area (Å²) in [6, 6.07) is 12.0. The number of carbonyl (C=O) groups excluding carboxylic acids is 1. The number of rotatable bonds is 11. The molecule has 0 fully saturated rings. The minimum absolute atomic E-state index is 0.232. The van der Waals surface area contributed by atoms with Crippen LogP contribution < -0.4 is 25.6 Å². The molecule has 4 aromatic rings. The highest BCUT2D eigenvalue weighted by Crippen LogP contribution is 2.39. The lowest BCUT2D eigenvalue weighted by molar-refractivity contribution is -0.111. The Balaban J connectivity index is 1.80. The maximum Gasteiger partial charge on any atom is 0.247 e. The summed E-state index contributed by atoms with van der Waals surface area (Å²) in [6.45, 7) is 9.38. The van der Waals surface area contributed by atoms with Gasteiger partial charge in [0.1, 0.15) is 5.75 Å². The zero-order valence-electron chi connectivity index (χ0n) is 23.5. The van der Waals surface area contributed by atoms with Crippen LogP contribution in [0.5, 0.6) is 5.75 Å². The van der Waals surface area contributed by atoms with Gasteiger partial charge in [-0.15, -0.1) is 0 Å². The largest absolute Gasteiger partial charge is 0.494 e. The van der Waals surface area contributed by atoms with Crippen molar-refractivity contribution in [2.75, 3.05) is 49.8 Å². The Morgan fingerprint density at radius 1 is 1.23 bits per heavy atom. The Morgan fingerprint density at radius 2 is 2.00 bits per heavy atom. The summed E-state index contributed by atoms with van der Waals surface area (Å²) in [5.74, 6) is 0.958. The van der Waals surface area contributed by atoms with E-state index in [1.807, 2.05) is 56.5 Å². The fraction of sp³-hybridized carbons (Fsp3) is 0.300. The minimum Gasteiger partial charge on any atom is -0.494 e. The van der Waals surface area contributed by atoms with Gasteiger partial charge in [0, 0.05) is 62.1 Å². The smallest absolute Gasteiger partial charge is 0.247 e. The monoisotopic (exact) mass is 527 g/mol. The fourth-order valence-corrected chi connectivity index (χ4v) is 4.58. The van der Waals surface area contributed by atoms with Crippen LogP contribution >= 0.6 is 0 Å². The van der Waals surface area contributed by atoms with E-state index < -0.39 is 0 Å². The average molecular weight is 528 g/mol. The Kier molecular flexibility index (Phi) is 8.51. The van der Waals surface area contributed by atoms with Crippen LogP contribution in [0.15, 0.2) is 61.4 Å². The molecule has 9 nitrogen and oxygen atoms in total. The third-order valence-corrected chi connectivity index (χ3v) is 6.71. The van der Waals surface area contributed by atoms with Gasteiger partial charge in [-0.1, -0.05) is 38.6 Å². The number of hydrogen-bond acceptors (Lipinski definition) is 7.